The summed E-state index contributed by atoms with van der Waals surface area (Å²) < 4.78 is 0. The molecule has 1 aliphatic heterocycles. The fourth-order valence-corrected chi connectivity index (χ4v) is 3.10. The number of hydrogen-bond donors (Lipinski definition) is 1. The quantitative estimate of drug-likeness (QED) is 0.946. The molecule has 2 unspecified atom stereocenters. The highest BCUT2D eigenvalue weighted by molar-refractivity contribution is 5.87. The number of aliphatic imine (C=N–C) groups is 1. The summed E-state index contributed by atoms with van der Waals surface area (Å²) in [6.07, 6.45) is 3.32. The molecule has 1 N–H and O–H groups in total. The first kappa shape index (κ1) is 15.2. The van der Waals surface area contributed by atoms with Crippen molar-refractivity contribution in [3.8, 4) is 0 Å². The zero-order valence-electron chi connectivity index (χ0n) is 13.4. The standard InChI is InChI=1S/C18H19N3O2/c1-12-4-6-13(7-5-12)16-18(2,20-11-21(16)3)15-10-14(17(22)23)8-9-19-15/h4-11,16H,1-3H3,(H,22,23). The molecule has 118 valence electrons. The van der Waals surface area contributed by atoms with E-state index in [1.165, 1.54) is 17.8 Å². The van der Waals surface area contributed by atoms with Gasteiger partial charge in [-0.05, 0) is 31.5 Å². The average molecular weight is 309 g/mol. The van der Waals surface area contributed by atoms with Gasteiger partial charge in [-0.2, -0.15) is 0 Å². The molecule has 0 fully saturated rings. The Morgan fingerprint density at radius 3 is 2.61 bits per heavy atom. The molecule has 0 bridgehead atoms. The van der Waals surface area contributed by atoms with E-state index >= 15 is 0 Å². The van der Waals surface area contributed by atoms with E-state index in [4.69, 9.17) is 0 Å². The van der Waals surface area contributed by atoms with Crippen LogP contribution < -0.4 is 0 Å². The summed E-state index contributed by atoms with van der Waals surface area (Å²) in [4.78, 5) is 22.3. The van der Waals surface area contributed by atoms with Crippen LogP contribution in [0.25, 0.3) is 0 Å². The average Bonchev–Trinajstić information content (AvgIpc) is 2.85. The van der Waals surface area contributed by atoms with Gasteiger partial charge in [-0.1, -0.05) is 29.8 Å². The van der Waals surface area contributed by atoms with Gasteiger partial charge in [0.1, 0.15) is 5.54 Å². The molecule has 1 aromatic carbocycles. The molecule has 0 saturated heterocycles. The zero-order valence-corrected chi connectivity index (χ0v) is 13.4. The maximum absolute atomic E-state index is 11.2. The first-order valence-electron chi connectivity index (χ1n) is 7.45. The van der Waals surface area contributed by atoms with Crippen LogP contribution in [-0.4, -0.2) is 34.3 Å². The number of carbonyl (C=O) groups is 1. The number of pyridine rings is 1. The van der Waals surface area contributed by atoms with Gasteiger partial charge in [0.05, 0.1) is 23.6 Å². The van der Waals surface area contributed by atoms with E-state index in [9.17, 15) is 9.90 Å². The normalized spacial score (nSPS) is 23.3. The van der Waals surface area contributed by atoms with Crippen molar-refractivity contribution in [1.29, 1.82) is 0 Å². The van der Waals surface area contributed by atoms with E-state index in [1.807, 2.05) is 18.9 Å². The predicted octanol–water partition coefficient (Wildman–Crippen LogP) is 3.02. The smallest absolute Gasteiger partial charge is 0.335 e. The Morgan fingerprint density at radius 2 is 1.96 bits per heavy atom. The molecule has 0 radical (unpaired) electrons. The Labute approximate surface area is 135 Å². The Hall–Kier alpha value is -2.69. The van der Waals surface area contributed by atoms with Gasteiger partial charge in [0, 0.05) is 13.2 Å². The highest BCUT2D eigenvalue weighted by Gasteiger charge is 2.43. The monoisotopic (exact) mass is 309 g/mol. The molecule has 2 heterocycles. The number of aryl methyl sites for hydroxylation is 1. The van der Waals surface area contributed by atoms with Gasteiger partial charge in [0.25, 0.3) is 0 Å². The zero-order chi connectivity index (χ0) is 16.6. The van der Waals surface area contributed by atoms with Crippen LogP contribution in [0, 0.1) is 6.92 Å². The molecule has 2 atom stereocenters. The van der Waals surface area contributed by atoms with E-state index in [0.29, 0.717) is 5.69 Å². The lowest BCUT2D eigenvalue weighted by molar-refractivity contribution is 0.0696. The lowest BCUT2D eigenvalue weighted by atomic mass is 9.84. The minimum Gasteiger partial charge on any atom is -0.478 e. The third kappa shape index (κ3) is 2.59. The van der Waals surface area contributed by atoms with Crippen LogP contribution in [0.15, 0.2) is 47.6 Å². The van der Waals surface area contributed by atoms with Crippen molar-refractivity contribution in [3.05, 3.63) is 65.0 Å². The third-order valence-electron chi connectivity index (χ3n) is 4.37. The van der Waals surface area contributed by atoms with E-state index < -0.39 is 11.5 Å². The fourth-order valence-electron chi connectivity index (χ4n) is 3.10. The topological polar surface area (TPSA) is 65.8 Å². The maximum Gasteiger partial charge on any atom is 0.335 e. The van der Waals surface area contributed by atoms with Crippen LogP contribution in [0.3, 0.4) is 0 Å². The Balaban J connectivity index is 2.08. The minimum absolute atomic E-state index is 0.0281. The number of carboxylic acids is 1. The van der Waals surface area contributed by atoms with Crippen molar-refractivity contribution in [2.24, 2.45) is 4.99 Å². The largest absolute Gasteiger partial charge is 0.478 e. The van der Waals surface area contributed by atoms with Crippen molar-refractivity contribution in [1.82, 2.24) is 9.88 Å². The van der Waals surface area contributed by atoms with E-state index in [-0.39, 0.29) is 11.6 Å². The number of carboxylic acid groups (broad SMARTS) is 1. The molecule has 23 heavy (non-hydrogen) atoms. The molecule has 1 aromatic heterocycles. The molecular weight excluding hydrogens is 290 g/mol. The van der Waals surface area contributed by atoms with Gasteiger partial charge >= 0.3 is 5.97 Å². The Morgan fingerprint density at radius 1 is 1.26 bits per heavy atom. The van der Waals surface area contributed by atoms with Gasteiger partial charge in [0.15, 0.2) is 0 Å². The molecule has 5 nitrogen and oxygen atoms in total. The number of aromatic carboxylic acids is 1. The van der Waals surface area contributed by atoms with Gasteiger partial charge in [-0.25, -0.2) is 4.79 Å². The summed E-state index contributed by atoms with van der Waals surface area (Å²) >= 11 is 0. The van der Waals surface area contributed by atoms with Crippen molar-refractivity contribution in [2.75, 3.05) is 7.05 Å². The maximum atomic E-state index is 11.2. The number of benzene rings is 1. The summed E-state index contributed by atoms with van der Waals surface area (Å²) in [5, 5.41) is 9.22. The Bertz CT molecular complexity index is 770. The second kappa shape index (κ2) is 5.50. The first-order chi connectivity index (χ1) is 10.9. The second-order valence-corrected chi connectivity index (χ2v) is 6.11. The van der Waals surface area contributed by atoms with Crippen molar-refractivity contribution in [3.63, 3.8) is 0 Å². The number of rotatable bonds is 3. The number of aromatic nitrogens is 1. The summed E-state index contributed by atoms with van der Waals surface area (Å²) in [7, 11) is 1.97. The van der Waals surface area contributed by atoms with Gasteiger partial charge in [0.2, 0.25) is 0 Å². The lowest BCUT2D eigenvalue weighted by Gasteiger charge is -2.33. The summed E-state index contributed by atoms with van der Waals surface area (Å²) in [5.41, 5.74) is 2.58. The van der Waals surface area contributed by atoms with Crippen LogP contribution in [0.2, 0.25) is 0 Å². The highest BCUT2D eigenvalue weighted by Crippen LogP contribution is 2.44. The van der Waals surface area contributed by atoms with Crippen molar-refractivity contribution >= 4 is 12.3 Å². The van der Waals surface area contributed by atoms with Crippen LogP contribution in [0.4, 0.5) is 0 Å². The molecule has 0 saturated carbocycles. The van der Waals surface area contributed by atoms with Crippen LogP contribution in [0.1, 0.15) is 40.1 Å². The fraction of sp³-hybridized carbons (Fsp3) is 0.278. The SMILES string of the molecule is Cc1ccc(C2N(C)C=NC2(C)c2cc(C(=O)O)ccn2)cc1. The second-order valence-electron chi connectivity index (χ2n) is 6.11. The van der Waals surface area contributed by atoms with E-state index in [2.05, 4.69) is 41.2 Å². The number of hydrogen-bond acceptors (Lipinski definition) is 4. The van der Waals surface area contributed by atoms with Crippen LogP contribution in [0.5, 0.6) is 0 Å². The van der Waals surface area contributed by atoms with Gasteiger partial charge in [-0.3, -0.25) is 9.98 Å². The van der Waals surface area contributed by atoms with Crippen LogP contribution >= 0.6 is 0 Å². The van der Waals surface area contributed by atoms with Crippen LogP contribution in [-0.2, 0) is 5.54 Å². The lowest BCUT2D eigenvalue weighted by Crippen LogP contribution is -2.33. The minimum atomic E-state index is -0.959. The summed E-state index contributed by atoms with van der Waals surface area (Å²) in [5.74, 6) is -0.959. The van der Waals surface area contributed by atoms with E-state index in [0.717, 1.165) is 5.56 Å². The molecule has 1 aliphatic rings. The van der Waals surface area contributed by atoms with E-state index in [1.54, 1.807) is 12.4 Å². The highest BCUT2D eigenvalue weighted by atomic mass is 16.4. The number of likely N-dealkylation sites (N-methyl/N-ethyl adjacent to an activating group) is 1. The molecule has 0 spiro atoms. The summed E-state index contributed by atoms with van der Waals surface area (Å²) in [6, 6.07) is 11.4. The molecule has 2 aromatic rings. The molecule has 0 amide bonds. The Kier molecular flexibility index (Phi) is 3.64. The molecular formula is C18H19N3O2. The summed E-state index contributed by atoms with van der Waals surface area (Å²) in [6.45, 7) is 4.04. The first-order valence-corrected chi connectivity index (χ1v) is 7.45. The molecule has 3 rings (SSSR count). The number of nitrogens with zero attached hydrogens (tertiary/aromatic N) is 3. The molecule has 5 heteroatoms. The third-order valence-corrected chi connectivity index (χ3v) is 4.37. The van der Waals surface area contributed by atoms with Gasteiger partial charge in [-0.15, -0.1) is 0 Å². The van der Waals surface area contributed by atoms with Crippen molar-refractivity contribution in [2.45, 2.75) is 25.4 Å². The van der Waals surface area contributed by atoms with Gasteiger partial charge < -0.3 is 10.0 Å². The predicted molar refractivity (Wildman–Crippen MR) is 88.7 cm³/mol. The van der Waals surface area contributed by atoms with Crippen molar-refractivity contribution < 1.29 is 9.90 Å². The molecule has 0 aliphatic carbocycles.